The minimum atomic E-state index is 0.886. The van der Waals surface area contributed by atoms with Crippen LogP contribution in [0.15, 0.2) is 0 Å². The second-order valence-electron chi connectivity index (χ2n) is 5.59. The monoisotopic (exact) mass is 224 g/mol. The van der Waals surface area contributed by atoms with Gasteiger partial charge in [-0.05, 0) is 64.2 Å². The molecule has 94 valence electrons. The maximum absolute atomic E-state index is 3.48. The summed E-state index contributed by atoms with van der Waals surface area (Å²) in [5.74, 6) is 0.959. The molecule has 0 saturated carbocycles. The molecule has 2 aliphatic rings. The van der Waals surface area contributed by atoms with Gasteiger partial charge >= 0.3 is 0 Å². The molecule has 2 rings (SSSR count). The van der Waals surface area contributed by atoms with Crippen molar-refractivity contribution in [3.05, 3.63) is 0 Å². The molecule has 0 aromatic rings. The molecule has 2 aliphatic heterocycles. The Balaban J connectivity index is 1.75. The van der Waals surface area contributed by atoms with E-state index < -0.39 is 0 Å². The van der Waals surface area contributed by atoms with Gasteiger partial charge in [-0.2, -0.15) is 0 Å². The van der Waals surface area contributed by atoms with Crippen molar-refractivity contribution in [1.29, 1.82) is 0 Å². The SMILES string of the molecule is CCC1CCCCCN1CCC1CCNC1. The summed E-state index contributed by atoms with van der Waals surface area (Å²) in [5, 5.41) is 3.48. The fraction of sp³-hybridized carbons (Fsp3) is 1.00. The minimum Gasteiger partial charge on any atom is -0.316 e. The first-order valence-electron chi connectivity index (χ1n) is 7.35. The van der Waals surface area contributed by atoms with E-state index >= 15 is 0 Å². The van der Waals surface area contributed by atoms with Crippen LogP contribution in [0.2, 0.25) is 0 Å². The zero-order valence-electron chi connectivity index (χ0n) is 10.9. The van der Waals surface area contributed by atoms with Crippen LogP contribution in [0, 0.1) is 5.92 Å². The molecule has 0 aromatic heterocycles. The highest BCUT2D eigenvalue weighted by Crippen LogP contribution is 2.21. The van der Waals surface area contributed by atoms with Crippen molar-refractivity contribution >= 4 is 0 Å². The predicted octanol–water partition coefficient (Wildman–Crippen LogP) is 2.64. The highest BCUT2D eigenvalue weighted by Gasteiger charge is 2.21. The molecule has 2 heteroatoms. The van der Waals surface area contributed by atoms with Gasteiger partial charge in [-0.15, -0.1) is 0 Å². The molecule has 2 fully saturated rings. The van der Waals surface area contributed by atoms with Crippen LogP contribution in [0.4, 0.5) is 0 Å². The zero-order chi connectivity index (χ0) is 11.2. The molecule has 2 nitrogen and oxygen atoms in total. The molecule has 2 saturated heterocycles. The van der Waals surface area contributed by atoms with Crippen molar-refractivity contribution < 1.29 is 0 Å². The van der Waals surface area contributed by atoms with Crippen LogP contribution >= 0.6 is 0 Å². The lowest BCUT2D eigenvalue weighted by molar-refractivity contribution is 0.183. The van der Waals surface area contributed by atoms with Crippen LogP contribution in [0.1, 0.15) is 51.9 Å². The van der Waals surface area contributed by atoms with Gasteiger partial charge in [-0.1, -0.05) is 19.8 Å². The number of nitrogens with one attached hydrogen (secondary N) is 1. The lowest BCUT2D eigenvalue weighted by Crippen LogP contribution is -2.36. The van der Waals surface area contributed by atoms with Crippen LogP contribution in [0.5, 0.6) is 0 Å². The highest BCUT2D eigenvalue weighted by molar-refractivity contribution is 4.77. The van der Waals surface area contributed by atoms with Gasteiger partial charge in [-0.25, -0.2) is 0 Å². The third-order valence-electron chi connectivity index (χ3n) is 4.46. The summed E-state index contributed by atoms with van der Waals surface area (Å²) in [4.78, 5) is 2.78. The Morgan fingerprint density at radius 1 is 1.19 bits per heavy atom. The van der Waals surface area contributed by atoms with E-state index in [9.17, 15) is 0 Å². The van der Waals surface area contributed by atoms with Gasteiger partial charge < -0.3 is 10.2 Å². The van der Waals surface area contributed by atoms with Gasteiger partial charge in [0.2, 0.25) is 0 Å². The van der Waals surface area contributed by atoms with E-state index in [2.05, 4.69) is 17.1 Å². The zero-order valence-corrected chi connectivity index (χ0v) is 10.9. The summed E-state index contributed by atoms with van der Waals surface area (Å²) in [7, 11) is 0. The topological polar surface area (TPSA) is 15.3 Å². The van der Waals surface area contributed by atoms with Crippen molar-refractivity contribution in [3.63, 3.8) is 0 Å². The predicted molar refractivity (Wildman–Crippen MR) is 69.7 cm³/mol. The van der Waals surface area contributed by atoms with Crippen molar-refractivity contribution in [1.82, 2.24) is 10.2 Å². The maximum atomic E-state index is 3.48. The Hall–Kier alpha value is -0.0800. The lowest BCUT2D eigenvalue weighted by Gasteiger charge is -2.29. The number of hydrogen-bond acceptors (Lipinski definition) is 2. The Labute approximate surface area is 101 Å². The fourth-order valence-corrected chi connectivity index (χ4v) is 3.30. The number of likely N-dealkylation sites (tertiary alicyclic amines) is 1. The van der Waals surface area contributed by atoms with Crippen LogP contribution in [-0.4, -0.2) is 37.1 Å². The summed E-state index contributed by atoms with van der Waals surface area (Å²) in [6.07, 6.45) is 9.97. The van der Waals surface area contributed by atoms with E-state index in [0.717, 1.165) is 12.0 Å². The summed E-state index contributed by atoms with van der Waals surface area (Å²) in [6.45, 7) is 7.59. The Morgan fingerprint density at radius 2 is 2.12 bits per heavy atom. The van der Waals surface area contributed by atoms with E-state index in [1.165, 1.54) is 71.1 Å². The summed E-state index contributed by atoms with van der Waals surface area (Å²) < 4.78 is 0. The van der Waals surface area contributed by atoms with Crippen LogP contribution in [0.3, 0.4) is 0 Å². The van der Waals surface area contributed by atoms with E-state index in [0.29, 0.717) is 0 Å². The molecule has 0 aromatic carbocycles. The van der Waals surface area contributed by atoms with Gasteiger partial charge in [0.15, 0.2) is 0 Å². The second kappa shape index (κ2) is 6.61. The van der Waals surface area contributed by atoms with Gasteiger partial charge in [0.1, 0.15) is 0 Å². The lowest BCUT2D eigenvalue weighted by atomic mass is 10.0. The standard InChI is InChI=1S/C14H28N2/c1-2-14-6-4-3-5-10-16(14)11-8-13-7-9-15-12-13/h13-15H,2-12H2,1H3. The third kappa shape index (κ3) is 3.46. The molecular weight excluding hydrogens is 196 g/mol. The molecule has 0 spiro atoms. The molecular formula is C14H28N2. The highest BCUT2D eigenvalue weighted by atomic mass is 15.2. The first-order valence-corrected chi connectivity index (χ1v) is 7.35. The fourth-order valence-electron chi connectivity index (χ4n) is 3.30. The van der Waals surface area contributed by atoms with Crippen LogP contribution < -0.4 is 5.32 Å². The van der Waals surface area contributed by atoms with E-state index in [1.807, 2.05) is 0 Å². The van der Waals surface area contributed by atoms with E-state index in [1.54, 1.807) is 0 Å². The molecule has 1 N–H and O–H groups in total. The first-order chi connectivity index (χ1) is 7.90. The third-order valence-corrected chi connectivity index (χ3v) is 4.46. The molecule has 0 aliphatic carbocycles. The first kappa shape index (κ1) is 12.4. The van der Waals surface area contributed by atoms with Crippen LogP contribution in [-0.2, 0) is 0 Å². The quantitative estimate of drug-likeness (QED) is 0.790. The maximum Gasteiger partial charge on any atom is 0.00926 e. The normalized spacial score (nSPS) is 32.8. The largest absolute Gasteiger partial charge is 0.316 e. The molecule has 0 radical (unpaired) electrons. The van der Waals surface area contributed by atoms with E-state index in [4.69, 9.17) is 0 Å². The van der Waals surface area contributed by atoms with Crippen molar-refractivity contribution in [3.8, 4) is 0 Å². The Kier molecular flexibility index (Phi) is 5.11. The number of rotatable bonds is 4. The van der Waals surface area contributed by atoms with Gasteiger partial charge in [0.25, 0.3) is 0 Å². The van der Waals surface area contributed by atoms with Gasteiger partial charge in [0.05, 0.1) is 0 Å². The molecule has 0 bridgehead atoms. The Morgan fingerprint density at radius 3 is 2.88 bits per heavy atom. The summed E-state index contributed by atoms with van der Waals surface area (Å²) in [6, 6.07) is 0.886. The Bertz CT molecular complexity index is 187. The molecule has 2 heterocycles. The number of hydrogen-bond donors (Lipinski definition) is 1. The summed E-state index contributed by atoms with van der Waals surface area (Å²) in [5.41, 5.74) is 0. The smallest absolute Gasteiger partial charge is 0.00926 e. The van der Waals surface area contributed by atoms with Crippen molar-refractivity contribution in [2.24, 2.45) is 5.92 Å². The minimum absolute atomic E-state index is 0.886. The molecule has 2 unspecified atom stereocenters. The average Bonchev–Trinajstić information content (AvgIpc) is 2.71. The molecule has 16 heavy (non-hydrogen) atoms. The number of nitrogens with zero attached hydrogens (tertiary/aromatic N) is 1. The van der Waals surface area contributed by atoms with Crippen molar-refractivity contribution in [2.75, 3.05) is 26.2 Å². The van der Waals surface area contributed by atoms with Gasteiger partial charge in [0, 0.05) is 6.04 Å². The van der Waals surface area contributed by atoms with Crippen molar-refractivity contribution in [2.45, 2.75) is 57.9 Å². The van der Waals surface area contributed by atoms with Gasteiger partial charge in [-0.3, -0.25) is 0 Å². The average molecular weight is 224 g/mol. The second-order valence-corrected chi connectivity index (χ2v) is 5.59. The van der Waals surface area contributed by atoms with Crippen LogP contribution in [0.25, 0.3) is 0 Å². The molecule has 2 atom stereocenters. The van der Waals surface area contributed by atoms with E-state index in [-0.39, 0.29) is 0 Å². The molecule has 0 amide bonds. The summed E-state index contributed by atoms with van der Waals surface area (Å²) >= 11 is 0.